The van der Waals surface area contributed by atoms with Crippen molar-refractivity contribution in [2.75, 3.05) is 12.9 Å². The lowest BCUT2D eigenvalue weighted by atomic mass is 10.1. The van der Waals surface area contributed by atoms with E-state index in [-0.39, 0.29) is 18.0 Å². The standard InChI is InChI=1S/C20H24N4O4S/c1-14-12-28-19-6-3-15(10-24(18-4-5-18)29(2,26)27)7-16(19)11-23(14)20(25)17-8-21-13-22-9-17/h3,6-9,13-14,18H,4-5,10-12H2,1-2H3. The average molecular weight is 417 g/mol. The Hall–Kier alpha value is -2.52. The van der Waals surface area contributed by atoms with Crippen molar-refractivity contribution in [3.05, 3.63) is 53.6 Å². The van der Waals surface area contributed by atoms with Crippen molar-refractivity contribution in [3.8, 4) is 5.75 Å². The van der Waals surface area contributed by atoms with Gasteiger partial charge in [0.1, 0.15) is 18.7 Å². The Kier molecular flexibility index (Phi) is 5.26. The summed E-state index contributed by atoms with van der Waals surface area (Å²) in [6.45, 7) is 3.02. The summed E-state index contributed by atoms with van der Waals surface area (Å²) in [5.41, 5.74) is 2.17. The van der Waals surface area contributed by atoms with Crippen molar-refractivity contribution in [2.24, 2.45) is 0 Å². The van der Waals surface area contributed by atoms with Gasteiger partial charge in [-0.15, -0.1) is 0 Å². The maximum Gasteiger partial charge on any atom is 0.257 e. The zero-order chi connectivity index (χ0) is 20.6. The zero-order valence-electron chi connectivity index (χ0n) is 16.5. The molecule has 0 radical (unpaired) electrons. The number of fused-ring (bicyclic) bond motifs is 1. The molecule has 1 aromatic heterocycles. The van der Waals surface area contributed by atoms with Crippen molar-refractivity contribution in [1.82, 2.24) is 19.2 Å². The smallest absolute Gasteiger partial charge is 0.257 e. The molecule has 29 heavy (non-hydrogen) atoms. The molecule has 1 saturated carbocycles. The summed E-state index contributed by atoms with van der Waals surface area (Å²) < 4.78 is 31.7. The Morgan fingerprint density at radius 2 is 2.00 bits per heavy atom. The number of ether oxygens (including phenoxy) is 1. The second kappa shape index (κ2) is 7.72. The SMILES string of the molecule is CC1COc2ccc(CN(C3CC3)S(C)(=O)=O)cc2CN1C(=O)c1cncnc1. The molecule has 154 valence electrons. The lowest BCUT2D eigenvalue weighted by Gasteiger charge is -2.26. The van der Waals surface area contributed by atoms with Crippen LogP contribution in [0.15, 0.2) is 36.9 Å². The van der Waals surface area contributed by atoms with Crippen molar-refractivity contribution < 1.29 is 17.9 Å². The monoisotopic (exact) mass is 416 g/mol. The van der Waals surface area contributed by atoms with E-state index in [4.69, 9.17) is 4.74 Å². The van der Waals surface area contributed by atoms with E-state index < -0.39 is 10.0 Å². The second-order valence-electron chi connectivity index (χ2n) is 7.70. The first-order chi connectivity index (χ1) is 13.8. The Morgan fingerprint density at radius 3 is 2.66 bits per heavy atom. The highest BCUT2D eigenvalue weighted by Gasteiger charge is 2.35. The molecule has 1 amide bonds. The van der Waals surface area contributed by atoms with Gasteiger partial charge in [0.2, 0.25) is 10.0 Å². The second-order valence-corrected chi connectivity index (χ2v) is 9.64. The summed E-state index contributed by atoms with van der Waals surface area (Å²) in [7, 11) is -3.27. The molecule has 2 aliphatic rings. The topological polar surface area (TPSA) is 92.7 Å². The van der Waals surface area contributed by atoms with Gasteiger partial charge in [-0.3, -0.25) is 4.79 Å². The lowest BCUT2D eigenvalue weighted by molar-refractivity contribution is 0.0644. The molecule has 2 heterocycles. The fraction of sp³-hybridized carbons (Fsp3) is 0.450. The number of aromatic nitrogens is 2. The van der Waals surface area contributed by atoms with Crippen molar-refractivity contribution in [3.63, 3.8) is 0 Å². The molecule has 1 aliphatic carbocycles. The third-order valence-electron chi connectivity index (χ3n) is 5.26. The van der Waals surface area contributed by atoms with E-state index in [1.54, 1.807) is 9.21 Å². The Bertz CT molecular complexity index is 1010. The van der Waals surface area contributed by atoms with E-state index in [1.807, 2.05) is 25.1 Å². The minimum Gasteiger partial charge on any atom is -0.491 e. The van der Waals surface area contributed by atoms with Crippen molar-refractivity contribution in [2.45, 2.75) is 44.9 Å². The molecule has 1 unspecified atom stereocenters. The summed E-state index contributed by atoms with van der Waals surface area (Å²) in [4.78, 5) is 22.6. The molecule has 0 saturated heterocycles. The Labute approximate surface area is 170 Å². The number of hydrogen-bond acceptors (Lipinski definition) is 6. The molecular weight excluding hydrogens is 392 g/mol. The third kappa shape index (κ3) is 4.40. The van der Waals surface area contributed by atoms with Crippen LogP contribution in [0.25, 0.3) is 0 Å². The number of carbonyl (C=O) groups excluding carboxylic acids is 1. The maximum absolute atomic E-state index is 13.0. The van der Waals surface area contributed by atoms with Crippen LogP contribution in [0.2, 0.25) is 0 Å². The minimum absolute atomic E-state index is 0.0937. The highest BCUT2D eigenvalue weighted by molar-refractivity contribution is 7.88. The number of benzene rings is 1. The van der Waals surface area contributed by atoms with Crippen LogP contribution >= 0.6 is 0 Å². The van der Waals surface area contributed by atoms with Gasteiger partial charge < -0.3 is 9.64 Å². The van der Waals surface area contributed by atoms with Gasteiger partial charge in [-0.05, 0) is 37.5 Å². The molecule has 0 N–H and O–H groups in total. The first-order valence-corrected chi connectivity index (χ1v) is 11.4. The fourth-order valence-corrected chi connectivity index (χ4v) is 4.68. The van der Waals surface area contributed by atoms with Crippen LogP contribution in [0.1, 0.15) is 41.3 Å². The Morgan fingerprint density at radius 1 is 1.28 bits per heavy atom. The number of sulfonamides is 1. The Balaban J connectivity index is 1.59. The molecule has 1 aromatic carbocycles. The van der Waals surface area contributed by atoms with Gasteiger partial charge in [0.15, 0.2) is 0 Å². The average Bonchev–Trinajstić information content (AvgIpc) is 3.54. The highest BCUT2D eigenvalue weighted by Crippen LogP contribution is 2.32. The summed E-state index contributed by atoms with van der Waals surface area (Å²) >= 11 is 0. The quantitative estimate of drug-likeness (QED) is 0.738. The summed E-state index contributed by atoms with van der Waals surface area (Å²) in [5, 5.41) is 0. The van der Waals surface area contributed by atoms with Gasteiger partial charge in [-0.25, -0.2) is 18.4 Å². The van der Waals surface area contributed by atoms with Crippen LogP contribution in [-0.4, -0.2) is 58.4 Å². The van der Waals surface area contributed by atoms with Gasteiger partial charge >= 0.3 is 0 Å². The lowest BCUT2D eigenvalue weighted by Crippen LogP contribution is -2.40. The first-order valence-electron chi connectivity index (χ1n) is 9.60. The van der Waals surface area contributed by atoms with Crippen LogP contribution in [0.4, 0.5) is 0 Å². The van der Waals surface area contributed by atoms with E-state index in [9.17, 15) is 13.2 Å². The molecular formula is C20H24N4O4S. The molecule has 2 aromatic rings. The fourth-order valence-electron chi connectivity index (χ4n) is 3.54. The molecule has 4 rings (SSSR count). The zero-order valence-corrected chi connectivity index (χ0v) is 17.3. The summed E-state index contributed by atoms with van der Waals surface area (Å²) in [5.74, 6) is 0.563. The predicted octanol–water partition coefficient (Wildman–Crippen LogP) is 1.82. The van der Waals surface area contributed by atoms with Gasteiger partial charge in [0.05, 0.1) is 24.4 Å². The molecule has 1 atom stereocenters. The maximum atomic E-state index is 13.0. The summed E-state index contributed by atoms with van der Waals surface area (Å²) in [6, 6.07) is 5.67. The number of rotatable bonds is 5. The van der Waals surface area contributed by atoms with Crippen molar-refractivity contribution in [1.29, 1.82) is 0 Å². The largest absolute Gasteiger partial charge is 0.491 e. The van der Waals surface area contributed by atoms with Crippen LogP contribution in [-0.2, 0) is 23.1 Å². The normalized spacial score (nSPS) is 19.4. The van der Waals surface area contributed by atoms with Crippen LogP contribution in [0, 0.1) is 0 Å². The van der Waals surface area contributed by atoms with Gasteiger partial charge in [0.25, 0.3) is 5.91 Å². The van der Waals surface area contributed by atoms with Gasteiger partial charge in [-0.2, -0.15) is 4.31 Å². The predicted molar refractivity (Wildman–Crippen MR) is 107 cm³/mol. The van der Waals surface area contributed by atoms with Crippen molar-refractivity contribution >= 4 is 15.9 Å². The number of nitrogens with zero attached hydrogens (tertiary/aromatic N) is 4. The molecule has 0 bridgehead atoms. The first kappa shape index (κ1) is 19.8. The van der Waals surface area contributed by atoms with E-state index in [2.05, 4.69) is 9.97 Å². The van der Waals surface area contributed by atoms with E-state index in [1.165, 1.54) is 25.0 Å². The third-order valence-corrected chi connectivity index (χ3v) is 6.54. The summed E-state index contributed by atoms with van der Waals surface area (Å²) in [6.07, 6.45) is 7.46. The number of hydrogen-bond donors (Lipinski definition) is 0. The molecule has 9 heteroatoms. The molecule has 8 nitrogen and oxygen atoms in total. The molecule has 1 aliphatic heterocycles. The van der Waals surface area contributed by atoms with Crippen LogP contribution in [0.5, 0.6) is 5.75 Å². The minimum atomic E-state index is -3.27. The highest BCUT2D eigenvalue weighted by atomic mass is 32.2. The van der Waals surface area contributed by atoms with Gasteiger partial charge in [-0.1, -0.05) is 6.07 Å². The molecule has 1 fully saturated rings. The number of carbonyl (C=O) groups is 1. The van der Waals surface area contributed by atoms with Crippen LogP contribution in [0.3, 0.4) is 0 Å². The van der Waals surface area contributed by atoms with E-state index in [0.29, 0.717) is 25.3 Å². The molecule has 0 spiro atoms. The van der Waals surface area contributed by atoms with Gasteiger partial charge in [0, 0.05) is 30.5 Å². The van der Waals surface area contributed by atoms with Crippen LogP contribution < -0.4 is 4.74 Å². The van der Waals surface area contributed by atoms with E-state index in [0.717, 1.165) is 29.7 Å². The van der Waals surface area contributed by atoms with E-state index >= 15 is 0 Å². The number of amides is 1.